The van der Waals surface area contributed by atoms with Gasteiger partial charge in [-0.05, 0) is 96.5 Å². The van der Waals surface area contributed by atoms with Crippen LogP contribution in [0.4, 0.5) is 37.7 Å². The molecule has 4 atom stereocenters. The first-order chi connectivity index (χ1) is 29.9. The summed E-state index contributed by atoms with van der Waals surface area (Å²) < 4.78 is 79.9. The topological polar surface area (TPSA) is 70.7 Å². The van der Waals surface area contributed by atoms with Gasteiger partial charge in [-0.25, -0.2) is 0 Å². The largest absolute Gasteiger partial charge is 0.416 e. The number of nitrogens with zero attached hydrogens (tertiary/aromatic N) is 3. The Kier molecular flexibility index (Phi) is 13.1. The highest BCUT2D eigenvalue weighted by Gasteiger charge is 2.49. The molecule has 0 bridgehead atoms. The number of hydrogen-bond acceptors (Lipinski definition) is 5. The van der Waals surface area contributed by atoms with Crippen LogP contribution in [-0.4, -0.2) is 61.0 Å². The molecule has 12 heteroatoms. The van der Waals surface area contributed by atoms with E-state index in [2.05, 4.69) is 34.1 Å². The zero-order valence-electron chi connectivity index (χ0n) is 34.6. The molecule has 0 amide bonds. The summed E-state index contributed by atoms with van der Waals surface area (Å²) in [5.74, 6) is 0. The normalized spacial score (nSPS) is 19.1. The molecule has 2 aliphatic heterocycles. The Hall–Kier alpha value is -5.61. The Bertz CT molecular complexity index is 2610. The molecule has 6 aromatic carbocycles. The molecule has 326 valence electrons. The molecule has 2 unspecified atom stereocenters. The van der Waals surface area contributed by atoms with Crippen LogP contribution in [0, 0.1) is 25.2 Å². The highest BCUT2D eigenvalue weighted by atomic mass is 79.9. The molecule has 6 aromatic rings. The van der Waals surface area contributed by atoms with Crippen molar-refractivity contribution in [1.82, 2.24) is 0 Å². The van der Waals surface area contributed by atoms with E-state index in [1.807, 2.05) is 135 Å². The van der Waals surface area contributed by atoms with Gasteiger partial charge in [0.2, 0.25) is 0 Å². The second kappa shape index (κ2) is 18.2. The molecule has 8 rings (SSSR count). The van der Waals surface area contributed by atoms with Crippen molar-refractivity contribution in [2.45, 2.75) is 62.1 Å². The van der Waals surface area contributed by atoms with Crippen molar-refractivity contribution in [2.24, 2.45) is 0 Å². The summed E-state index contributed by atoms with van der Waals surface area (Å²) in [6, 6.07) is 48.7. The molecule has 0 saturated heterocycles. The Morgan fingerprint density at radius 2 is 1.02 bits per heavy atom. The fourth-order valence-corrected chi connectivity index (χ4v) is 9.68. The predicted octanol–water partition coefficient (Wildman–Crippen LogP) is 11.2. The number of benzene rings is 6. The van der Waals surface area contributed by atoms with Crippen molar-refractivity contribution >= 4 is 27.3 Å². The summed E-state index contributed by atoms with van der Waals surface area (Å²) in [7, 11) is 0. The van der Waals surface area contributed by atoms with Crippen molar-refractivity contribution in [3.05, 3.63) is 200 Å². The monoisotopic (exact) mass is 925 g/mol. The van der Waals surface area contributed by atoms with Crippen LogP contribution in [0.5, 0.6) is 0 Å². The number of hydrogen-bond donors (Lipinski definition) is 2. The summed E-state index contributed by atoms with van der Waals surface area (Å²) in [6.45, 7) is 3.62. The molecule has 0 spiro atoms. The van der Waals surface area contributed by atoms with E-state index in [9.17, 15) is 41.8 Å². The standard InChI is InChI=1S/C26H23F3N2O.C25H23BrF3NO/c1-18-6-4-9-21(12-18)25(14-19-7-5-8-20(13-19)15-30)17-31(16-24(32)26(27,28)29)23-11-3-2-10-22(23)25;1-17-6-4-8-19(12-17)24(14-18-7-5-9-20(26)13-18)16-30(15-23(31)25(27,28)29)22-11-3-2-10-21(22)24/h2-13,24,32H,14,16-17H2,1H3;2-13,23,31H,14-16H2,1H3/t24-,25?;23-,24?/m11/s1. The van der Waals surface area contributed by atoms with Gasteiger partial charge < -0.3 is 20.0 Å². The average molecular weight is 927 g/mol. The first-order valence-electron chi connectivity index (χ1n) is 20.5. The van der Waals surface area contributed by atoms with E-state index >= 15 is 0 Å². The van der Waals surface area contributed by atoms with Crippen molar-refractivity contribution in [3.8, 4) is 6.07 Å². The highest BCUT2D eigenvalue weighted by Crippen LogP contribution is 2.49. The Morgan fingerprint density at radius 3 is 1.44 bits per heavy atom. The first-order valence-corrected chi connectivity index (χ1v) is 21.3. The van der Waals surface area contributed by atoms with Gasteiger partial charge >= 0.3 is 12.4 Å². The maximum Gasteiger partial charge on any atom is 0.416 e. The van der Waals surface area contributed by atoms with E-state index in [1.54, 1.807) is 21.9 Å². The molecule has 0 radical (unpaired) electrons. The van der Waals surface area contributed by atoms with Crippen molar-refractivity contribution in [3.63, 3.8) is 0 Å². The maximum atomic E-state index is 13.2. The van der Waals surface area contributed by atoms with E-state index in [0.29, 0.717) is 37.2 Å². The molecule has 63 heavy (non-hydrogen) atoms. The predicted molar refractivity (Wildman–Crippen MR) is 238 cm³/mol. The van der Waals surface area contributed by atoms with E-state index < -0.39 is 48.5 Å². The third-order valence-corrected chi connectivity index (χ3v) is 12.6. The van der Waals surface area contributed by atoms with Crippen LogP contribution in [0.2, 0.25) is 0 Å². The van der Waals surface area contributed by atoms with E-state index in [-0.39, 0.29) is 0 Å². The average Bonchev–Trinajstić information content (AvgIpc) is 3.73. The van der Waals surface area contributed by atoms with E-state index in [4.69, 9.17) is 0 Å². The molecule has 5 nitrogen and oxygen atoms in total. The van der Waals surface area contributed by atoms with Crippen LogP contribution in [0.15, 0.2) is 150 Å². The van der Waals surface area contributed by atoms with Crippen LogP contribution in [0.25, 0.3) is 0 Å². The van der Waals surface area contributed by atoms with Crippen molar-refractivity contribution in [2.75, 3.05) is 36.0 Å². The third-order valence-electron chi connectivity index (χ3n) is 12.1. The summed E-state index contributed by atoms with van der Waals surface area (Å²) in [5, 5.41) is 28.9. The maximum absolute atomic E-state index is 13.2. The van der Waals surface area contributed by atoms with Crippen LogP contribution in [-0.2, 0) is 23.7 Å². The Labute approximate surface area is 372 Å². The molecule has 0 fully saturated rings. The minimum atomic E-state index is -4.69. The number of β-amino-alcohol motifs (C(OH)–C–C–N with tert-alkyl or cyclic N) is 2. The molecule has 0 aliphatic carbocycles. The van der Waals surface area contributed by atoms with Crippen molar-refractivity contribution in [1.29, 1.82) is 5.26 Å². The number of alkyl halides is 6. The van der Waals surface area contributed by atoms with Crippen molar-refractivity contribution < 1.29 is 36.6 Å². The number of rotatable bonds is 10. The van der Waals surface area contributed by atoms with Gasteiger partial charge in [0.15, 0.2) is 12.2 Å². The molecular weight excluding hydrogens is 880 g/mol. The third kappa shape index (κ3) is 9.81. The zero-order chi connectivity index (χ0) is 45.2. The number of anilines is 2. The van der Waals surface area contributed by atoms with Gasteiger partial charge in [0, 0.05) is 39.8 Å². The summed E-state index contributed by atoms with van der Waals surface area (Å²) in [5.41, 5.74) is 8.93. The molecule has 2 N–H and O–H groups in total. The summed E-state index contributed by atoms with van der Waals surface area (Å²) >= 11 is 3.53. The molecule has 2 aliphatic rings. The fraction of sp³-hybridized carbons (Fsp3) is 0.275. The lowest BCUT2D eigenvalue weighted by Gasteiger charge is -2.33. The number of aliphatic hydroxyl groups is 2. The number of aryl methyl sites for hydroxylation is 2. The number of aliphatic hydroxyl groups excluding tert-OH is 2. The smallest absolute Gasteiger partial charge is 0.382 e. The van der Waals surface area contributed by atoms with E-state index in [0.717, 1.165) is 54.7 Å². The number of halogens is 7. The van der Waals surface area contributed by atoms with Crippen LogP contribution < -0.4 is 9.80 Å². The SMILES string of the molecule is Cc1cccc(C2(Cc3cccc(Br)c3)CN(C[C@@H](O)C(F)(F)F)c3ccccc32)c1.Cc1cccc(C2(Cc3cccc(C#N)c3)CN(C[C@@H](O)C(F)(F)F)c3ccccc32)c1. The van der Waals surface area contributed by atoms with Crippen LogP contribution >= 0.6 is 15.9 Å². The van der Waals surface area contributed by atoms with Crippen LogP contribution in [0.1, 0.15) is 50.1 Å². The quantitative estimate of drug-likeness (QED) is 0.134. The first kappa shape index (κ1) is 45.4. The fourth-order valence-electron chi connectivity index (χ4n) is 9.23. The molecule has 2 heterocycles. The number of para-hydroxylation sites is 2. The van der Waals surface area contributed by atoms with Gasteiger partial charge in [-0.15, -0.1) is 0 Å². The lowest BCUT2D eigenvalue weighted by atomic mass is 9.71. The lowest BCUT2D eigenvalue weighted by molar-refractivity contribution is -0.200. The number of nitriles is 1. The summed E-state index contributed by atoms with van der Waals surface area (Å²) in [6.07, 6.45) is -13.0. The van der Waals surface area contributed by atoms with Gasteiger partial charge in [-0.1, -0.05) is 136 Å². The second-order valence-corrected chi connectivity index (χ2v) is 17.5. The van der Waals surface area contributed by atoms with Gasteiger partial charge in [0.25, 0.3) is 0 Å². The zero-order valence-corrected chi connectivity index (χ0v) is 36.2. The number of fused-ring (bicyclic) bond motifs is 2. The Morgan fingerprint density at radius 1 is 0.587 bits per heavy atom. The van der Waals surface area contributed by atoms with Gasteiger partial charge in [0.1, 0.15) is 0 Å². The lowest BCUT2D eigenvalue weighted by Crippen LogP contribution is -2.44. The molecule has 0 aromatic heterocycles. The van der Waals surface area contributed by atoms with Gasteiger partial charge in [-0.2, -0.15) is 31.6 Å². The molecular formula is C51H46BrF6N3O2. The Balaban J connectivity index is 0.000000189. The highest BCUT2D eigenvalue weighted by molar-refractivity contribution is 9.10. The molecule has 0 saturated carbocycles. The minimum absolute atomic E-state index is 0.291. The van der Waals surface area contributed by atoms with E-state index in [1.165, 1.54) is 0 Å². The van der Waals surface area contributed by atoms with Gasteiger partial charge in [0.05, 0.1) is 24.7 Å². The minimum Gasteiger partial charge on any atom is -0.382 e. The van der Waals surface area contributed by atoms with Gasteiger partial charge in [-0.3, -0.25) is 0 Å². The summed E-state index contributed by atoms with van der Waals surface area (Å²) in [4.78, 5) is 3.30. The van der Waals surface area contributed by atoms with Crippen LogP contribution in [0.3, 0.4) is 0 Å². The second-order valence-electron chi connectivity index (χ2n) is 16.6.